The molecule has 1 aromatic heterocycles. The summed E-state index contributed by atoms with van der Waals surface area (Å²) in [4.78, 5) is 26.3. The smallest absolute Gasteiger partial charge is 0.331 e. The third-order valence-corrected chi connectivity index (χ3v) is 4.26. The van der Waals surface area contributed by atoms with E-state index >= 15 is 0 Å². The van der Waals surface area contributed by atoms with Gasteiger partial charge >= 0.3 is 5.97 Å². The van der Waals surface area contributed by atoms with Gasteiger partial charge in [-0.2, -0.15) is 0 Å². The number of para-hydroxylation sites is 1. The number of benzene rings is 2. The summed E-state index contributed by atoms with van der Waals surface area (Å²) in [5.41, 5.74) is 2.25. The number of anilines is 2. The van der Waals surface area contributed by atoms with Crippen molar-refractivity contribution in [2.24, 2.45) is 0 Å². The summed E-state index contributed by atoms with van der Waals surface area (Å²) in [6.07, 6.45) is 2.81. The van der Waals surface area contributed by atoms with Crippen LogP contribution in [-0.4, -0.2) is 15.9 Å². The predicted octanol–water partition coefficient (Wildman–Crippen LogP) is 4.55. The molecular weight excluding hydrogens is 366 g/mol. The molecule has 8 heteroatoms. The van der Waals surface area contributed by atoms with E-state index in [2.05, 4.69) is 10.3 Å². The molecule has 0 atom stereocenters. The molecule has 0 aliphatic carbocycles. The van der Waals surface area contributed by atoms with E-state index in [1.54, 1.807) is 12.1 Å². The number of nitro groups is 1. The Labute approximate surface area is 159 Å². The molecule has 1 N–H and O–H groups in total. The number of nitrogens with one attached hydrogen (secondary N) is 1. The second-order valence-electron chi connectivity index (χ2n) is 5.42. The van der Waals surface area contributed by atoms with Crippen LogP contribution >= 0.6 is 11.3 Å². The van der Waals surface area contributed by atoms with Gasteiger partial charge in [0.25, 0.3) is 5.69 Å². The van der Waals surface area contributed by atoms with Crippen LogP contribution in [0.15, 0.2) is 66.1 Å². The Balaban J connectivity index is 1.49. The Kier molecular flexibility index (Phi) is 5.91. The van der Waals surface area contributed by atoms with Gasteiger partial charge in [-0.25, -0.2) is 9.78 Å². The quantitative estimate of drug-likeness (QED) is 0.279. The van der Waals surface area contributed by atoms with Crippen molar-refractivity contribution in [1.29, 1.82) is 0 Å². The average Bonchev–Trinajstić information content (AvgIpc) is 3.13. The standard InChI is InChI=1S/C19H15N3O4S/c23-18(11-8-14-6-9-17(10-7-14)22(24)25)26-12-16-13-27-19(21-16)20-15-4-2-1-3-5-15/h1-11,13H,12H2,(H,20,21). The highest BCUT2D eigenvalue weighted by Crippen LogP contribution is 2.21. The molecule has 1 heterocycles. The molecule has 0 spiro atoms. The maximum absolute atomic E-state index is 11.8. The number of rotatable bonds is 7. The minimum absolute atomic E-state index is 0.00169. The number of ether oxygens (including phenoxy) is 1. The van der Waals surface area contributed by atoms with E-state index in [4.69, 9.17) is 4.74 Å². The van der Waals surface area contributed by atoms with Gasteiger partial charge in [-0.3, -0.25) is 10.1 Å². The molecule has 0 fully saturated rings. The second-order valence-corrected chi connectivity index (χ2v) is 6.28. The third-order valence-electron chi connectivity index (χ3n) is 3.45. The lowest BCUT2D eigenvalue weighted by atomic mass is 10.2. The normalized spacial score (nSPS) is 10.7. The van der Waals surface area contributed by atoms with Crippen LogP contribution in [-0.2, 0) is 16.1 Å². The highest BCUT2D eigenvalue weighted by molar-refractivity contribution is 7.13. The second kappa shape index (κ2) is 8.72. The number of non-ortho nitro benzene ring substituents is 1. The number of carbonyl (C=O) groups excluding carboxylic acids is 1. The van der Waals surface area contributed by atoms with Crippen molar-refractivity contribution >= 4 is 39.9 Å². The Hall–Kier alpha value is -3.52. The van der Waals surface area contributed by atoms with Gasteiger partial charge in [-0.1, -0.05) is 18.2 Å². The summed E-state index contributed by atoms with van der Waals surface area (Å²) in [6, 6.07) is 15.5. The van der Waals surface area contributed by atoms with Gasteiger partial charge in [0.1, 0.15) is 6.61 Å². The van der Waals surface area contributed by atoms with Crippen LogP contribution in [0.3, 0.4) is 0 Å². The Bertz CT molecular complexity index is 953. The highest BCUT2D eigenvalue weighted by atomic mass is 32.1. The van der Waals surface area contributed by atoms with Crippen LogP contribution in [0.2, 0.25) is 0 Å². The molecule has 0 aliphatic rings. The van der Waals surface area contributed by atoms with E-state index in [0.717, 1.165) is 5.69 Å². The predicted molar refractivity (Wildman–Crippen MR) is 104 cm³/mol. The summed E-state index contributed by atoms with van der Waals surface area (Å²) in [5.74, 6) is -0.515. The number of aromatic nitrogens is 1. The SMILES string of the molecule is O=C(C=Cc1ccc([N+](=O)[O-])cc1)OCc1csc(Nc2ccccc2)n1. The zero-order valence-corrected chi connectivity index (χ0v) is 14.9. The third kappa shape index (κ3) is 5.48. The number of hydrogen-bond acceptors (Lipinski definition) is 7. The molecule has 0 bridgehead atoms. The van der Waals surface area contributed by atoms with Crippen LogP contribution in [0.25, 0.3) is 6.08 Å². The van der Waals surface area contributed by atoms with E-state index in [9.17, 15) is 14.9 Å². The molecule has 0 saturated carbocycles. The van der Waals surface area contributed by atoms with E-state index in [1.165, 1.54) is 35.6 Å². The molecular formula is C19H15N3O4S. The van der Waals surface area contributed by atoms with Gasteiger partial charge in [-0.05, 0) is 35.9 Å². The van der Waals surface area contributed by atoms with Gasteiger partial charge < -0.3 is 10.1 Å². The summed E-state index contributed by atoms with van der Waals surface area (Å²) in [6.45, 7) is 0.0659. The van der Waals surface area contributed by atoms with Crippen molar-refractivity contribution in [2.45, 2.75) is 6.61 Å². The number of carbonyl (C=O) groups is 1. The molecule has 0 radical (unpaired) electrons. The summed E-state index contributed by atoms with van der Waals surface area (Å²) < 4.78 is 5.16. The molecule has 0 aliphatic heterocycles. The molecule has 0 amide bonds. The van der Waals surface area contributed by atoms with Crippen LogP contribution < -0.4 is 5.32 Å². The van der Waals surface area contributed by atoms with E-state index < -0.39 is 10.9 Å². The molecule has 0 saturated heterocycles. The Morgan fingerprint density at radius 3 is 2.63 bits per heavy atom. The minimum atomic E-state index is -0.515. The molecule has 2 aromatic carbocycles. The first-order valence-corrected chi connectivity index (χ1v) is 8.84. The lowest BCUT2D eigenvalue weighted by Gasteiger charge is -2.01. The summed E-state index contributed by atoms with van der Waals surface area (Å²) >= 11 is 1.42. The van der Waals surface area contributed by atoms with Crippen molar-refractivity contribution in [1.82, 2.24) is 4.98 Å². The zero-order valence-electron chi connectivity index (χ0n) is 14.1. The topological polar surface area (TPSA) is 94.4 Å². The fraction of sp³-hybridized carbons (Fsp3) is 0.0526. The average molecular weight is 381 g/mol. The Morgan fingerprint density at radius 2 is 1.93 bits per heavy atom. The number of nitro benzene ring substituents is 1. The van der Waals surface area contributed by atoms with Crippen LogP contribution in [0.5, 0.6) is 0 Å². The monoisotopic (exact) mass is 381 g/mol. The first kappa shape index (κ1) is 18.3. The number of hydrogen-bond donors (Lipinski definition) is 1. The van der Waals surface area contributed by atoms with Gasteiger partial charge in [0.05, 0.1) is 10.6 Å². The van der Waals surface area contributed by atoms with Crippen molar-refractivity contribution in [3.8, 4) is 0 Å². The highest BCUT2D eigenvalue weighted by Gasteiger charge is 2.06. The molecule has 27 heavy (non-hydrogen) atoms. The van der Waals surface area contributed by atoms with Gasteiger partial charge in [0.2, 0.25) is 0 Å². The fourth-order valence-electron chi connectivity index (χ4n) is 2.14. The van der Waals surface area contributed by atoms with Crippen molar-refractivity contribution in [2.75, 3.05) is 5.32 Å². The lowest BCUT2D eigenvalue weighted by Crippen LogP contribution is -2.01. The van der Waals surface area contributed by atoms with Crippen molar-refractivity contribution in [3.63, 3.8) is 0 Å². The Morgan fingerprint density at radius 1 is 1.19 bits per heavy atom. The van der Waals surface area contributed by atoms with Gasteiger partial charge in [-0.15, -0.1) is 11.3 Å². The molecule has 7 nitrogen and oxygen atoms in total. The van der Waals surface area contributed by atoms with Gasteiger partial charge in [0.15, 0.2) is 5.13 Å². The zero-order chi connectivity index (χ0) is 19.1. The van der Waals surface area contributed by atoms with Crippen molar-refractivity contribution < 1.29 is 14.5 Å². The molecule has 136 valence electrons. The number of esters is 1. The van der Waals surface area contributed by atoms with Crippen LogP contribution in [0, 0.1) is 10.1 Å². The maximum Gasteiger partial charge on any atom is 0.331 e. The molecule has 3 aromatic rings. The van der Waals surface area contributed by atoms with Crippen LogP contribution in [0.4, 0.5) is 16.5 Å². The van der Waals surface area contributed by atoms with E-state index in [-0.39, 0.29) is 12.3 Å². The minimum Gasteiger partial charge on any atom is -0.456 e. The maximum atomic E-state index is 11.8. The molecule has 0 unspecified atom stereocenters. The van der Waals surface area contributed by atoms with Crippen LogP contribution in [0.1, 0.15) is 11.3 Å². The summed E-state index contributed by atoms with van der Waals surface area (Å²) in [7, 11) is 0. The van der Waals surface area contributed by atoms with Crippen molar-refractivity contribution in [3.05, 3.63) is 87.4 Å². The van der Waals surface area contributed by atoms with E-state index in [1.807, 2.05) is 35.7 Å². The number of thiazole rings is 1. The fourth-order valence-corrected chi connectivity index (χ4v) is 2.86. The summed E-state index contributed by atoms with van der Waals surface area (Å²) in [5, 5.41) is 16.3. The number of nitrogens with zero attached hydrogens (tertiary/aromatic N) is 2. The first-order valence-electron chi connectivity index (χ1n) is 7.96. The van der Waals surface area contributed by atoms with Gasteiger partial charge in [0, 0.05) is 29.3 Å². The first-order chi connectivity index (χ1) is 13.1. The van der Waals surface area contributed by atoms with E-state index in [0.29, 0.717) is 16.4 Å². The lowest BCUT2D eigenvalue weighted by molar-refractivity contribution is -0.384. The largest absolute Gasteiger partial charge is 0.456 e. The molecule has 3 rings (SSSR count).